The van der Waals surface area contributed by atoms with Crippen LogP contribution in [-0.4, -0.2) is 29.3 Å². The number of hydrogen-bond acceptors (Lipinski definition) is 5. The monoisotopic (exact) mass is 415 g/mol. The molecule has 0 saturated heterocycles. The molecule has 0 radical (unpaired) electrons. The van der Waals surface area contributed by atoms with Crippen LogP contribution in [-0.2, 0) is 4.79 Å². The second-order valence-electron chi connectivity index (χ2n) is 7.12. The number of nitrogens with zero attached hydrogens (tertiary/aromatic N) is 1. The molecule has 2 amide bonds. The van der Waals surface area contributed by atoms with E-state index in [2.05, 4.69) is 15.6 Å². The van der Waals surface area contributed by atoms with Crippen molar-refractivity contribution in [2.75, 3.05) is 11.9 Å². The van der Waals surface area contributed by atoms with Crippen LogP contribution in [0, 0.1) is 19.8 Å². The van der Waals surface area contributed by atoms with Gasteiger partial charge in [-0.2, -0.15) is 0 Å². The molecule has 0 atom stereocenters. The summed E-state index contributed by atoms with van der Waals surface area (Å²) < 4.78 is 5.18. The van der Waals surface area contributed by atoms with Gasteiger partial charge in [-0.05, 0) is 56.4 Å². The van der Waals surface area contributed by atoms with Crippen molar-refractivity contribution in [3.8, 4) is 5.75 Å². The quantitative estimate of drug-likeness (QED) is 0.554. The highest BCUT2D eigenvalue weighted by Gasteiger charge is 2.25. The Balaban J connectivity index is 1.90. The number of aryl methyl sites for hydroxylation is 2. The van der Waals surface area contributed by atoms with E-state index in [0.29, 0.717) is 23.7 Å². The van der Waals surface area contributed by atoms with E-state index in [1.165, 1.54) is 6.92 Å². The molecule has 1 aromatic carbocycles. The van der Waals surface area contributed by atoms with Gasteiger partial charge in [0.25, 0.3) is 11.8 Å². The summed E-state index contributed by atoms with van der Waals surface area (Å²) in [5, 5.41) is 5.73. The smallest absolute Gasteiger partial charge is 0.308 e. The van der Waals surface area contributed by atoms with Crippen molar-refractivity contribution in [1.82, 2.24) is 10.3 Å². The van der Waals surface area contributed by atoms with Gasteiger partial charge in [0, 0.05) is 19.2 Å². The summed E-state index contributed by atoms with van der Waals surface area (Å²) in [4.78, 5) is 41.3. The van der Waals surface area contributed by atoms with Gasteiger partial charge in [-0.15, -0.1) is 0 Å². The summed E-state index contributed by atoms with van der Waals surface area (Å²) in [5.41, 5.74) is 1.72. The predicted molar refractivity (Wildman–Crippen MR) is 109 cm³/mol. The molecule has 1 aromatic heterocycles. The summed E-state index contributed by atoms with van der Waals surface area (Å²) in [6.45, 7) is 5.31. The Morgan fingerprint density at radius 2 is 1.86 bits per heavy atom. The molecule has 0 spiro atoms. The van der Waals surface area contributed by atoms with Gasteiger partial charge < -0.3 is 15.4 Å². The zero-order chi connectivity index (χ0) is 21.1. The van der Waals surface area contributed by atoms with Gasteiger partial charge >= 0.3 is 5.97 Å². The van der Waals surface area contributed by atoms with Crippen LogP contribution in [0.5, 0.6) is 5.75 Å². The van der Waals surface area contributed by atoms with Gasteiger partial charge in [0.05, 0.1) is 16.3 Å². The van der Waals surface area contributed by atoms with Gasteiger partial charge in [-0.3, -0.25) is 14.4 Å². The number of esters is 1. The molecule has 1 heterocycles. The van der Waals surface area contributed by atoms with Crippen LogP contribution >= 0.6 is 11.6 Å². The molecule has 29 heavy (non-hydrogen) atoms. The first-order valence-corrected chi connectivity index (χ1v) is 9.68. The minimum atomic E-state index is -0.565. The zero-order valence-corrected chi connectivity index (χ0v) is 17.2. The third kappa shape index (κ3) is 5.12. The summed E-state index contributed by atoms with van der Waals surface area (Å²) in [6, 6.07) is 6.48. The van der Waals surface area contributed by atoms with Crippen LogP contribution in [0.3, 0.4) is 0 Å². The number of carbonyl (C=O) groups is 3. The number of benzene rings is 1. The SMILES string of the molecule is CC(=O)Oc1c(Cl)ccc(C)c1NC(=O)c1ccc(C)nc1C(=O)NCC1CC1. The fourth-order valence-corrected chi connectivity index (χ4v) is 2.99. The highest BCUT2D eigenvalue weighted by Crippen LogP contribution is 2.36. The van der Waals surface area contributed by atoms with E-state index < -0.39 is 17.8 Å². The van der Waals surface area contributed by atoms with E-state index in [0.717, 1.165) is 12.8 Å². The Morgan fingerprint density at radius 3 is 2.52 bits per heavy atom. The standard InChI is InChI=1S/C21H22ClN3O4/c1-11-4-9-16(22)19(29-13(3)26)17(11)25-20(27)15-8-5-12(2)24-18(15)21(28)23-10-14-6-7-14/h4-5,8-9,14H,6-7,10H2,1-3H3,(H,23,28)(H,25,27). The average Bonchev–Trinajstić information content (AvgIpc) is 3.49. The van der Waals surface area contributed by atoms with Crippen molar-refractivity contribution in [1.29, 1.82) is 0 Å². The molecule has 0 unspecified atom stereocenters. The van der Waals surface area contributed by atoms with Crippen molar-refractivity contribution in [3.05, 3.63) is 51.8 Å². The second-order valence-corrected chi connectivity index (χ2v) is 7.53. The molecule has 2 aromatic rings. The number of aromatic nitrogens is 1. The lowest BCUT2D eigenvalue weighted by molar-refractivity contribution is -0.131. The number of anilines is 1. The highest BCUT2D eigenvalue weighted by molar-refractivity contribution is 6.33. The second kappa shape index (κ2) is 8.61. The van der Waals surface area contributed by atoms with E-state index >= 15 is 0 Å². The summed E-state index contributed by atoms with van der Waals surface area (Å²) in [6.07, 6.45) is 2.20. The maximum absolute atomic E-state index is 13.0. The Kier molecular flexibility index (Phi) is 6.17. The first-order chi connectivity index (χ1) is 13.8. The first-order valence-electron chi connectivity index (χ1n) is 9.31. The first kappa shape index (κ1) is 20.8. The average molecular weight is 416 g/mol. The molecule has 1 aliphatic rings. The van der Waals surface area contributed by atoms with Crippen molar-refractivity contribution in [2.24, 2.45) is 5.92 Å². The molecule has 152 valence electrons. The van der Waals surface area contributed by atoms with Crippen LogP contribution in [0.2, 0.25) is 5.02 Å². The van der Waals surface area contributed by atoms with Crippen molar-refractivity contribution >= 4 is 35.1 Å². The Labute approximate surface area is 173 Å². The number of halogens is 1. The number of pyridine rings is 1. The van der Waals surface area contributed by atoms with Crippen LogP contribution < -0.4 is 15.4 Å². The van der Waals surface area contributed by atoms with Crippen LogP contribution in [0.1, 0.15) is 51.9 Å². The van der Waals surface area contributed by atoms with Crippen molar-refractivity contribution in [3.63, 3.8) is 0 Å². The van der Waals surface area contributed by atoms with Gasteiger partial charge in [0.15, 0.2) is 5.75 Å². The van der Waals surface area contributed by atoms with Gasteiger partial charge in [-0.1, -0.05) is 17.7 Å². The lowest BCUT2D eigenvalue weighted by atomic mass is 10.1. The third-order valence-electron chi connectivity index (χ3n) is 4.54. The highest BCUT2D eigenvalue weighted by atomic mass is 35.5. The zero-order valence-electron chi connectivity index (χ0n) is 16.5. The number of amides is 2. The van der Waals surface area contributed by atoms with E-state index in [-0.39, 0.29) is 27.7 Å². The van der Waals surface area contributed by atoms with Crippen LogP contribution in [0.25, 0.3) is 0 Å². The summed E-state index contributed by atoms with van der Waals surface area (Å²) in [7, 11) is 0. The third-order valence-corrected chi connectivity index (χ3v) is 4.84. The summed E-state index contributed by atoms with van der Waals surface area (Å²) >= 11 is 6.15. The lowest BCUT2D eigenvalue weighted by Crippen LogP contribution is -2.29. The van der Waals surface area contributed by atoms with Gasteiger partial charge in [0.1, 0.15) is 5.69 Å². The minimum absolute atomic E-state index is 0.0527. The number of ether oxygens (including phenoxy) is 1. The molecule has 0 aliphatic heterocycles. The maximum Gasteiger partial charge on any atom is 0.308 e. The molecule has 3 rings (SSSR count). The maximum atomic E-state index is 13.0. The normalized spacial score (nSPS) is 13.0. The Morgan fingerprint density at radius 1 is 1.14 bits per heavy atom. The van der Waals surface area contributed by atoms with E-state index in [1.807, 2.05) is 0 Å². The molecule has 0 bridgehead atoms. The van der Waals surface area contributed by atoms with Crippen LogP contribution in [0.4, 0.5) is 5.69 Å². The summed E-state index contributed by atoms with van der Waals surface area (Å²) in [5.74, 6) is -0.944. The van der Waals surface area contributed by atoms with E-state index in [1.54, 1.807) is 38.1 Å². The van der Waals surface area contributed by atoms with E-state index in [4.69, 9.17) is 16.3 Å². The molecular formula is C21H22ClN3O4. The molecule has 2 N–H and O–H groups in total. The minimum Gasteiger partial charge on any atom is -0.423 e. The van der Waals surface area contributed by atoms with Gasteiger partial charge in [-0.25, -0.2) is 4.98 Å². The topological polar surface area (TPSA) is 97.4 Å². The lowest BCUT2D eigenvalue weighted by Gasteiger charge is -2.16. The fraction of sp³-hybridized carbons (Fsp3) is 0.333. The fourth-order valence-electron chi connectivity index (χ4n) is 2.79. The van der Waals surface area contributed by atoms with E-state index in [9.17, 15) is 14.4 Å². The molecular weight excluding hydrogens is 394 g/mol. The Bertz CT molecular complexity index is 986. The van der Waals surface area contributed by atoms with Crippen molar-refractivity contribution < 1.29 is 19.1 Å². The van der Waals surface area contributed by atoms with Crippen LogP contribution in [0.15, 0.2) is 24.3 Å². The number of carbonyl (C=O) groups excluding carboxylic acids is 3. The Hall–Kier alpha value is -2.93. The molecule has 8 heteroatoms. The number of nitrogens with one attached hydrogen (secondary N) is 2. The molecule has 1 aliphatic carbocycles. The van der Waals surface area contributed by atoms with Crippen molar-refractivity contribution in [2.45, 2.75) is 33.6 Å². The largest absolute Gasteiger partial charge is 0.423 e. The molecule has 7 nitrogen and oxygen atoms in total. The molecule has 1 fully saturated rings. The van der Waals surface area contributed by atoms with Gasteiger partial charge in [0.2, 0.25) is 0 Å². The number of hydrogen-bond donors (Lipinski definition) is 2. The molecule has 1 saturated carbocycles. The number of rotatable bonds is 6. The predicted octanol–water partition coefficient (Wildman–Crippen LogP) is 3.67.